The number of aryl methyl sites for hydroxylation is 1. The summed E-state index contributed by atoms with van der Waals surface area (Å²) in [6, 6.07) is 5.10. The van der Waals surface area contributed by atoms with E-state index in [4.69, 9.17) is 9.47 Å². The Morgan fingerprint density at radius 3 is 2.29 bits per heavy atom. The molecule has 190 valence electrons. The normalized spacial score (nSPS) is 20.7. The second-order valence-electron chi connectivity index (χ2n) is 10.7. The van der Waals surface area contributed by atoms with E-state index in [1.165, 1.54) is 35.5 Å². The maximum absolute atomic E-state index is 13.5. The highest BCUT2D eigenvalue weighted by Crippen LogP contribution is 2.47. The molecule has 1 amide bonds. The van der Waals surface area contributed by atoms with Crippen LogP contribution in [0.1, 0.15) is 102 Å². The predicted molar refractivity (Wildman–Crippen MR) is 138 cm³/mol. The topological polar surface area (TPSA) is 90.7 Å². The summed E-state index contributed by atoms with van der Waals surface area (Å²) >= 11 is 1.52. The molecule has 2 atom stereocenters. The number of benzene rings is 1. The zero-order valence-electron chi connectivity index (χ0n) is 21.3. The van der Waals surface area contributed by atoms with Crippen molar-refractivity contribution in [2.75, 3.05) is 14.2 Å². The number of nitrogens with one attached hydrogen (secondary N) is 1. The van der Waals surface area contributed by atoms with Crippen molar-refractivity contribution >= 4 is 17.2 Å². The van der Waals surface area contributed by atoms with Gasteiger partial charge in [0, 0.05) is 21.8 Å². The number of fused-ring (bicyclic) bond motifs is 1. The number of hydrogen-bond donors (Lipinski definition) is 1. The number of hydrogen-bond acceptors (Lipinski definition) is 6. The van der Waals surface area contributed by atoms with Crippen LogP contribution >= 0.6 is 11.3 Å². The zero-order valence-corrected chi connectivity index (χ0v) is 22.1. The Labute approximate surface area is 211 Å². The first kappa shape index (κ1) is 25.5. The Morgan fingerprint density at radius 1 is 1.03 bits per heavy atom. The number of carbonyl (C=O) groups is 1. The van der Waals surface area contributed by atoms with E-state index in [1.54, 1.807) is 14.2 Å². The summed E-state index contributed by atoms with van der Waals surface area (Å²) in [5.41, 5.74) is 2.23. The van der Waals surface area contributed by atoms with Crippen LogP contribution in [0.2, 0.25) is 0 Å². The standard InChI is InChI=1S/C27H36N2O5S/c1-27(2,3)28-26(30)25-19(15-23(35-25)16-9-7-6-8-10-16)24-18-14-22(34-5)21(33-4)13-17(18)11-12-20(24)29(31)32/h13-16,20,24H,6-12H2,1-5H3,(H,28,30)/t20-,24+/m0/s1. The van der Waals surface area contributed by atoms with Gasteiger partial charge in [-0.1, -0.05) is 19.3 Å². The van der Waals surface area contributed by atoms with Gasteiger partial charge in [-0.25, -0.2) is 0 Å². The minimum atomic E-state index is -0.810. The van der Waals surface area contributed by atoms with Crippen LogP contribution in [-0.2, 0) is 6.42 Å². The number of carbonyl (C=O) groups excluding carboxylic acids is 1. The average molecular weight is 501 g/mol. The Balaban J connectivity index is 1.89. The fourth-order valence-electron chi connectivity index (χ4n) is 5.54. The Morgan fingerprint density at radius 2 is 1.69 bits per heavy atom. The fourth-order valence-corrected chi connectivity index (χ4v) is 6.81. The summed E-state index contributed by atoms with van der Waals surface area (Å²) in [5, 5.41) is 15.4. The molecule has 2 aliphatic carbocycles. The van der Waals surface area contributed by atoms with Gasteiger partial charge in [-0.15, -0.1) is 11.3 Å². The van der Waals surface area contributed by atoms with E-state index in [2.05, 4.69) is 11.4 Å². The SMILES string of the molecule is COc1cc2c(cc1OC)[C@H](c1cc(C3CCCCC3)sc1C(=O)NC(C)(C)C)[C@@H]([N+](=O)[O-])CC2. The molecule has 8 heteroatoms. The van der Waals surface area contributed by atoms with E-state index in [1.807, 2.05) is 32.9 Å². The average Bonchev–Trinajstić information content (AvgIpc) is 3.27. The van der Waals surface area contributed by atoms with Crippen LogP contribution in [0, 0.1) is 10.1 Å². The van der Waals surface area contributed by atoms with Crippen molar-refractivity contribution in [2.24, 2.45) is 0 Å². The number of thiophene rings is 1. The van der Waals surface area contributed by atoms with E-state index in [-0.39, 0.29) is 10.8 Å². The van der Waals surface area contributed by atoms with E-state index >= 15 is 0 Å². The molecule has 0 saturated heterocycles. The van der Waals surface area contributed by atoms with Crippen LogP contribution < -0.4 is 14.8 Å². The first-order valence-corrected chi connectivity index (χ1v) is 13.3. The summed E-state index contributed by atoms with van der Waals surface area (Å²) in [6.45, 7) is 5.85. The summed E-state index contributed by atoms with van der Waals surface area (Å²) in [4.78, 5) is 27.4. The van der Waals surface area contributed by atoms with E-state index in [0.717, 1.165) is 29.5 Å². The molecule has 1 fully saturated rings. The van der Waals surface area contributed by atoms with Crippen LogP contribution in [0.25, 0.3) is 0 Å². The first-order valence-electron chi connectivity index (χ1n) is 12.5. The summed E-state index contributed by atoms with van der Waals surface area (Å²) in [7, 11) is 3.16. The number of nitro groups is 1. The van der Waals surface area contributed by atoms with Gasteiger partial charge in [-0.05, 0) is 80.8 Å². The van der Waals surface area contributed by atoms with Crippen LogP contribution in [0.15, 0.2) is 18.2 Å². The maximum Gasteiger partial charge on any atom is 0.262 e. The summed E-state index contributed by atoms with van der Waals surface area (Å²) < 4.78 is 11.1. The molecule has 7 nitrogen and oxygen atoms in total. The molecule has 0 bridgehead atoms. The summed E-state index contributed by atoms with van der Waals surface area (Å²) in [5.74, 6) is 0.885. The number of methoxy groups -OCH3 is 2. The van der Waals surface area contributed by atoms with Crippen molar-refractivity contribution in [3.8, 4) is 11.5 Å². The van der Waals surface area contributed by atoms with Crippen LogP contribution in [0.5, 0.6) is 11.5 Å². The lowest BCUT2D eigenvalue weighted by atomic mass is 9.75. The van der Waals surface area contributed by atoms with E-state index < -0.39 is 17.5 Å². The molecular formula is C27H36N2O5S. The first-order chi connectivity index (χ1) is 16.6. The van der Waals surface area contributed by atoms with Crippen molar-refractivity contribution in [1.82, 2.24) is 5.32 Å². The molecule has 0 radical (unpaired) electrons. The molecule has 0 aliphatic heterocycles. The van der Waals surface area contributed by atoms with Gasteiger partial charge < -0.3 is 14.8 Å². The summed E-state index contributed by atoms with van der Waals surface area (Å²) in [6.07, 6.45) is 6.81. The molecule has 35 heavy (non-hydrogen) atoms. The van der Waals surface area contributed by atoms with Gasteiger partial charge in [0.25, 0.3) is 5.91 Å². The predicted octanol–water partition coefficient (Wildman–Crippen LogP) is 6.06. The smallest absolute Gasteiger partial charge is 0.262 e. The van der Waals surface area contributed by atoms with Crippen molar-refractivity contribution in [3.05, 3.63) is 54.8 Å². The molecule has 0 spiro atoms. The van der Waals surface area contributed by atoms with Crippen LogP contribution in [0.3, 0.4) is 0 Å². The molecule has 2 aromatic rings. The lowest BCUT2D eigenvalue weighted by Crippen LogP contribution is -2.41. The molecular weight excluding hydrogens is 464 g/mol. The van der Waals surface area contributed by atoms with Gasteiger partial charge in [-0.2, -0.15) is 0 Å². The number of ether oxygens (including phenoxy) is 2. The van der Waals surface area contributed by atoms with Gasteiger partial charge in [0.05, 0.1) is 25.0 Å². The van der Waals surface area contributed by atoms with Crippen LogP contribution in [-0.4, -0.2) is 36.6 Å². The Hall–Kier alpha value is -2.61. The lowest BCUT2D eigenvalue weighted by molar-refractivity contribution is -0.526. The number of amides is 1. The van der Waals surface area contributed by atoms with Gasteiger partial charge in [0.1, 0.15) is 0 Å². The molecule has 2 aliphatic rings. The highest BCUT2D eigenvalue weighted by molar-refractivity contribution is 7.14. The second kappa shape index (κ2) is 10.2. The lowest BCUT2D eigenvalue weighted by Gasteiger charge is -2.30. The van der Waals surface area contributed by atoms with Gasteiger partial charge in [0.15, 0.2) is 11.5 Å². The molecule has 1 aromatic heterocycles. The zero-order chi connectivity index (χ0) is 25.3. The third kappa shape index (κ3) is 5.32. The fraction of sp³-hybridized carbons (Fsp3) is 0.593. The second-order valence-corrected chi connectivity index (χ2v) is 11.8. The highest BCUT2D eigenvalue weighted by atomic mass is 32.1. The molecule has 1 heterocycles. The van der Waals surface area contributed by atoms with Crippen molar-refractivity contribution in [2.45, 2.75) is 89.1 Å². The van der Waals surface area contributed by atoms with Gasteiger partial charge in [0.2, 0.25) is 6.04 Å². The third-order valence-electron chi connectivity index (χ3n) is 7.16. The van der Waals surface area contributed by atoms with E-state index in [9.17, 15) is 14.9 Å². The minimum absolute atomic E-state index is 0.158. The quantitative estimate of drug-likeness (QED) is 0.384. The van der Waals surface area contributed by atoms with Gasteiger partial charge >= 0.3 is 0 Å². The van der Waals surface area contributed by atoms with Crippen molar-refractivity contribution in [1.29, 1.82) is 0 Å². The number of rotatable bonds is 6. The number of nitrogens with zero attached hydrogens (tertiary/aromatic N) is 1. The Kier molecular flexibility index (Phi) is 7.40. The third-order valence-corrected chi connectivity index (χ3v) is 8.47. The molecule has 4 rings (SSSR count). The van der Waals surface area contributed by atoms with Gasteiger partial charge in [-0.3, -0.25) is 14.9 Å². The molecule has 0 unspecified atom stereocenters. The molecule has 1 saturated carbocycles. The van der Waals surface area contributed by atoms with Crippen molar-refractivity contribution < 1.29 is 19.2 Å². The monoisotopic (exact) mass is 500 g/mol. The molecule has 1 aromatic carbocycles. The van der Waals surface area contributed by atoms with E-state index in [0.29, 0.717) is 35.1 Å². The van der Waals surface area contributed by atoms with Crippen molar-refractivity contribution in [3.63, 3.8) is 0 Å². The maximum atomic E-state index is 13.5. The Bertz CT molecular complexity index is 1100. The largest absolute Gasteiger partial charge is 0.493 e. The molecule has 1 N–H and O–H groups in total. The minimum Gasteiger partial charge on any atom is -0.493 e. The van der Waals surface area contributed by atoms with Crippen LogP contribution in [0.4, 0.5) is 0 Å². The highest BCUT2D eigenvalue weighted by Gasteiger charge is 2.42.